The van der Waals surface area contributed by atoms with E-state index >= 15 is 4.39 Å². The smallest absolute Gasteiger partial charge is 0.156 e. The number of ether oxygens (including phenoxy) is 1. The van der Waals surface area contributed by atoms with E-state index in [1.807, 2.05) is 6.07 Å². The lowest BCUT2D eigenvalue weighted by Crippen LogP contribution is -2.13. The number of nitrogens with two attached hydrogens (primary N) is 1. The number of nitrogens with zero attached hydrogens (tertiary/aromatic N) is 2. The van der Waals surface area contributed by atoms with Crippen LogP contribution in [0.2, 0.25) is 0 Å². The number of nitrogens with one attached hydrogen (secondary N) is 1. The number of aromatic nitrogens is 2. The van der Waals surface area contributed by atoms with Crippen molar-refractivity contribution in [2.45, 2.75) is 23.7 Å². The third kappa shape index (κ3) is 5.14. The van der Waals surface area contributed by atoms with E-state index in [0.717, 1.165) is 58.4 Å². The first-order valence-corrected chi connectivity index (χ1v) is 12.6. The number of hydrogen-bond donors (Lipinski definition) is 2. The van der Waals surface area contributed by atoms with Crippen molar-refractivity contribution in [3.63, 3.8) is 0 Å². The molecule has 0 atom stereocenters. The molecule has 1 saturated heterocycles. The Balaban J connectivity index is 1.53. The summed E-state index contributed by atoms with van der Waals surface area (Å²) >= 11 is 2.32. The van der Waals surface area contributed by atoms with Gasteiger partial charge in [0.05, 0.1) is 26.2 Å². The standard InChI is InChI=1S/C25H21F3N4OS2/c26-16-4-5-18(27)20(13-16)35-32-19-3-1-2-17(22(19)28)23-24(15-6-9-30-21(29)12-15)34-25(31-23)14-7-10-33-11-8-14/h1-6,9,12-14,32H,7-8,10-11H2,(H2,29,30). The van der Waals surface area contributed by atoms with Crippen LogP contribution in [0.5, 0.6) is 0 Å². The summed E-state index contributed by atoms with van der Waals surface area (Å²) < 4.78 is 51.6. The van der Waals surface area contributed by atoms with Crippen molar-refractivity contribution in [3.8, 4) is 21.7 Å². The van der Waals surface area contributed by atoms with E-state index in [-0.39, 0.29) is 16.5 Å². The molecule has 3 heterocycles. The van der Waals surface area contributed by atoms with E-state index in [2.05, 4.69) is 9.71 Å². The molecule has 3 N–H and O–H groups in total. The molecule has 4 aromatic rings. The first kappa shape index (κ1) is 23.7. The molecule has 2 aromatic carbocycles. The summed E-state index contributed by atoms with van der Waals surface area (Å²) in [5.74, 6) is -1.12. The molecule has 0 spiro atoms. The number of hydrogen-bond acceptors (Lipinski definition) is 7. The number of nitrogen functional groups attached to an aromatic ring is 1. The predicted molar refractivity (Wildman–Crippen MR) is 134 cm³/mol. The molecule has 1 fully saturated rings. The van der Waals surface area contributed by atoms with Gasteiger partial charge in [-0.2, -0.15) is 0 Å². The molecule has 0 aliphatic carbocycles. The Morgan fingerprint density at radius 2 is 1.89 bits per heavy atom. The fourth-order valence-electron chi connectivity index (χ4n) is 3.88. The number of thiazole rings is 1. The Bertz CT molecular complexity index is 1360. The molecule has 1 aliphatic rings. The summed E-state index contributed by atoms with van der Waals surface area (Å²) in [6, 6.07) is 11.6. The Morgan fingerprint density at radius 3 is 2.69 bits per heavy atom. The molecule has 10 heteroatoms. The summed E-state index contributed by atoms with van der Waals surface area (Å²) in [6.45, 7) is 1.33. The summed E-state index contributed by atoms with van der Waals surface area (Å²) in [7, 11) is 0. The van der Waals surface area contributed by atoms with Gasteiger partial charge in [-0.25, -0.2) is 23.1 Å². The van der Waals surface area contributed by atoms with E-state index in [0.29, 0.717) is 30.3 Å². The van der Waals surface area contributed by atoms with E-state index in [4.69, 9.17) is 15.5 Å². The number of halogens is 3. The lowest BCUT2D eigenvalue weighted by molar-refractivity contribution is 0.0853. The third-order valence-electron chi connectivity index (χ3n) is 5.68. The molecule has 0 amide bonds. The van der Waals surface area contributed by atoms with Crippen LogP contribution < -0.4 is 10.5 Å². The fourth-order valence-corrected chi connectivity index (χ4v) is 5.84. The maximum absolute atomic E-state index is 15.7. The molecule has 1 aliphatic heterocycles. The average molecular weight is 515 g/mol. The monoisotopic (exact) mass is 514 g/mol. The van der Waals surface area contributed by atoms with E-state index < -0.39 is 17.5 Å². The minimum Gasteiger partial charge on any atom is -0.384 e. The molecule has 5 nitrogen and oxygen atoms in total. The summed E-state index contributed by atoms with van der Waals surface area (Å²) in [5, 5.41) is 0.919. The van der Waals surface area contributed by atoms with Crippen LogP contribution in [0.3, 0.4) is 0 Å². The Kier molecular flexibility index (Phi) is 6.94. The van der Waals surface area contributed by atoms with Crippen LogP contribution in [-0.2, 0) is 4.74 Å². The van der Waals surface area contributed by atoms with Crippen molar-refractivity contribution in [1.82, 2.24) is 9.97 Å². The van der Waals surface area contributed by atoms with Crippen molar-refractivity contribution < 1.29 is 17.9 Å². The lowest BCUT2D eigenvalue weighted by atomic mass is 10.0. The highest BCUT2D eigenvalue weighted by molar-refractivity contribution is 8.00. The SMILES string of the molecule is Nc1cc(-c2sc(C3CCOCC3)nc2-c2cccc(NSc3cc(F)ccc3F)c2F)ccn1. The minimum absolute atomic E-state index is 0.0261. The second-order valence-electron chi connectivity index (χ2n) is 8.03. The second-order valence-corrected chi connectivity index (χ2v) is 9.91. The molecule has 5 rings (SSSR count). The van der Waals surface area contributed by atoms with Crippen molar-refractivity contribution in [3.05, 3.63) is 77.2 Å². The summed E-state index contributed by atoms with van der Waals surface area (Å²) in [6.07, 6.45) is 3.32. The van der Waals surface area contributed by atoms with Gasteiger partial charge in [-0.3, -0.25) is 0 Å². The summed E-state index contributed by atoms with van der Waals surface area (Å²) in [5.41, 5.74) is 7.66. The van der Waals surface area contributed by atoms with Gasteiger partial charge < -0.3 is 15.2 Å². The highest BCUT2D eigenvalue weighted by Gasteiger charge is 2.25. The van der Waals surface area contributed by atoms with Crippen molar-refractivity contribution in [2.24, 2.45) is 0 Å². The van der Waals surface area contributed by atoms with Crippen molar-refractivity contribution in [1.29, 1.82) is 0 Å². The third-order valence-corrected chi connectivity index (χ3v) is 7.80. The van der Waals surface area contributed by atoms with Crippen LogP contribution in [0.25, 0.3) is 21.7 Å². The van der Waals surface area contributed by atoms with Crippen LogP contribution >= 0.6 is 23.3 Å². The zero-order chi connectivity index (χ0) is 24.4. The topological polar surface area (TPSA) is 73.1 Å². The number of rotatable bonds is 6. The van der Waals surface area contributed by atoms with Gasteiger partial charge in [0.1, 0.15) is 17.5 Å². The van der Waals surface area contributed by atoms with Crippen molar-refractivity contribution in [2.75, 3.05) is 23.7 Å². The van der Waals surface area contributed by atoms with Gasteiger partial charge in [-0.15, -0.1) is 11.3 Å². The zero-order valence-corrected chi connectivity index (χ0v) is 20.1. The van der Waals surface area contributed by atoms with Gasteiger partial charge in [0, 0.05) is 30.9 Å². The molecule has 0 unspecified atom stereocenters. The van der Waals surface area contributed by atoms with Crippen LogP contribution in [0.4, 0.5) is 24.7 Å². The molecule has 0 radical (unpaired) electrons. The highest BCUT2D eigenvalue weighted by atomic mass is 32.2. The normalized spacial score (nSPS) is 14.3. The molecule has 180 valence electrons. The van der Waals surface area contributed by atoms with Crippen LogP contribution in [0.1, 0.15) is 23.8 Å². The van der Waals surface area contributed by atoms with Gasteiger partial charge >= 0.3 is 0 Å². The van der Waals surface area contributed by atoms with Gasteiger partial charge in [0.25, 0.3) is 0 Å². The van der Waals surface area contributed by atoms with Crippen LogP contribution in [-0.4, -0.2) is 23.2 Å². The van der Waals surface area contributed by atoms with Gasteiger partial charge in [0.2, 0.25) is 0 Å². The molecular formula is C25H21F3N4OS2. The number of pyridine rings is 1. The van der Waals surface area contributed by atoms with Gasteiger partial charge in [-0.1, -0.05) is 6.07 Å². The predicted octanol–water partition coefficient (Wildman–Crippen LogP) is 6.88. The molecule has 0 saturated carbocycles. The Hall–Kier alpha value is -3.08. The quantitative estimate of drug-likeness (QED) is 0.273. The molecular weight excluding hydrogens is 493 g/mol. The summed E-state index contributed by atoms with van der Waals surface area (Å²) in [4.78, 5) is 9.76. The largest absolute Gasteiger partial charge is 0.384 e. The maximum Gasteiger partial charge on any atom is 0.156 e. The average Bonchev–Trinajstić information content (AvgIpc) is 3.31. The Labute approximate surface area is 208 Å². The number of benzene rings is 2. The fraction of sp³-hybridized carbons (Fsp3) is 0.200. The van der Waals surface area contributed by atoms with E-state index in [1.165, 1.54) is 11.3 Å². The lowest BCUT2D eigenvalue weighted by Gasteiger charge is -2.19. The first-order valence-electron chi connectivity index (χ1n) is 11.0. The second kappa shape index (κ2) is 10.3. The van der Waals surface area contributed by atoms with Crippen molar-refractivity contribution >= 4 is 34.8 Å². The molecule has 35 heavy (non-hydrogen) atoms. The zero-order valence-electron chi connectivity index (χ0n) is 18.4. The minimum atomic E-state index is -0.598. The van der Waals surface area contributed by atoms with E-state index in [1.54, 1.807) is 30.5 Å². The molecule has 2 aromatic heterocycles. The first-order chi connectivity index (χ1) is 17.0. The van der Waals surface area contributed by atoms with Gasteiger partial charge in [0.15, 0.2) is 5.82 Å². The van der Waals surface area contributed by atoms with Gasteiger partial charge in [-0.05, 0) is 72.8 Å². The van der Waals surface area contributed by atoms with Crippen LogP contribution in [0, 0.1) is 17.5 Å². The van der Waals surface area contributed by atoms with Crippen LogP contribution in [0.15, 0.2) is 59.6 Å². The number of anilines is 2. The van der Waals surface area contributed by atoms with E-state index in [9.17, 15) is 8.78 Å². The Morgan fingerprint density at radius 1 is 1.06 bits per heavy atom. The maximum atomic E-state index is 15.7. The highest BCUT2D eigenvalue weighted by Crippen LogP contribution is 2.43. The molecule has 0 bridgehead atoms.